The SMILES string of the molecule is CCC(CC)C(CCCN)NC(CC)C(C)CN(CC)CC. The Morgan fingerprint density at radius 1 is 0.909 bits per heavy atom. The maximum absolute atomic E-state index is 5.75. The van der Waals surface area contributed by atoms with Crippen molar-refractivity contribution in [3.05, 3.63) is 0 Å². The molecule has 3 N–H and O–H groups in total. The van der Waals surface area contributed by atoms with Crippen LogP contribution in [0.2, 0.25) is 0 Å². The highest BCUT2D eigenvalue weighted by atomic mass is 15.1. The monoisotopic (exact) mass is 313 g/mol. The molecule has 0 amide bonds. The number of nitrogens with zero attached hydrogens (tertiary/aromatic N) is 1. The fourth-order valence-electron chi connectivity index (χ4n) is 3.63. The smallest absolute Gasteiger partial charge is 0.0105 e. The number of nitrogens with two attached hydrogens (primary N) is 1. The number of nitrogens with one attached hydrogen (secondary N) is 1. The summed E-state index contributed by atoms with van der Waals surface area (Å²) >= 11 is 0. The molecule has 3 unspecified atom stereocenters. The van der Waals surface area contributed by atoms with Gasteiger partial charge >= 0.3 is 0 Å². The normalized spacial score (nSPS) is 16.2. The van der Waals surface area contributed by atoms with Gasteiger partial charge in [0.2, 0.25) is 0 Å². The summed E-state index contributed by atoms with van der Waals surface area (Å²) in [5.41, 5.74) is 5.75. The molecule has 0 aromatic heterocycles. The van der Waals surface area contributed by atoms with Gasteiger partial charge in [-0.3, -0.25) is 0 Å². The van der Waals surface area contributed by atoms with Crippen molar-refractivity contribution in [1.29, 1.82) is 0 Å². The van der Waals surface area contributed by atoms with Gasteiger partial charge in [-0.05, 0) is 50.7 Å². The standard InChI is InChI=1S/C19H43N3/c1-7-17(8-2)19(13-12-14-20)21-18(9-3)16(6)15-22(10-4)11-5/h16-19,21H,7-15,20H2,1-6H3. The average Bonchev–Trinajstić information content (AvgIpc) is 2.55. The van der Waals surface area contributed by atoms with Crippen molar-refractivity contribution in [2.24, 2.45) is 17.6 Å². The van der Waals surface area contributed by atoms with Crippen molar-refractivity contribution in [1.82, 2.24) is 10.2 Å². The fourth-order valence-corrected chi connectivity index (χ4v) is 3.63. The highest BCUT2D eigenvalue weighted by Gasteiger charge is 2.24. The van der Waals surface area contributed by atoms with E-state index in [0.717, 1.165) is 32.0 Å². The van der Waals surface area contributed by atoms with E-state index in [2.05, 4.69) is 51.8 Å². The zero-order chi connectivity index (χ0) is 17.0. The van der Waals surface area contributed by atoms with Crippen molar-refractivity contribution < 1.29 is 0 Å². The molecule has 0 aliphatic rings. The third kappa shape index (κ3) is 7.94. The summed E-state index contributed by atoms with van der Waals surface area (Å²) in [6, 6.07) is 1.24. The second kappa shape index (κ2) is 13.3. The molecule has 0 fully saturated rings. The van der Waals surface area contributed by atoms with Crippen LogP contribution in [0.1, 0.15) is 73.6 Å². The molecular formula is C19H43N3. The Morgan fingerprint density at radius 2 is 1.50 bits per heavy atom. The molecule has 0 rings (SSSR count). The molecule has 0 saturated heterocycles. The summed E-state index contributed by atoms with van der Waals surface area (Å²) in [4.78, 5) is 2.54. The molecule has 0 aromatic carbocycles. The Labute approximate surface area is 140 Å². The largest absolute Gasteiger partial charge is 0.330 e. The van der Waals surface area contributed by atoms with Crippen LogP contribution in [0.5, 0.6) is 0 Å². The molecule has 22 heavy (non-hydrogen) atoms. The van der Waals surface area contributed by atoms with Crippen molar-refractivity contribution >= 4 is 0 Å². The fraction of sp³-hybridized carbons (Fsp3) is 1.00. The van der Waals surface area contributed by atoms with E-state index < -0.39 is 0 Å². The second-order valence-corrected chi connectivity index (χ2v) is 6.76. The highest BCUT2D eigenvalue weighted by molar-refractivity contribution is 4.83. The Balaban J connectivity index is 4.72. The molecule has 3 atom stereocenters. The van der Waals surface area contributed by atoms with Gasteiger partial charge in [0, 0.05) is 18.6 Å². The van der Waals surface area contributed by atoms with E-state index in [4.69, 9.17) is 5.73 Å². The maximum atomic E-state index is 5.75. The van der Waals surface area contributed by atoms with E-state index in [0.29, 0.717) is 18.0 Å². The molecular weight excluding hydrogens is 270 g/mol. The van der Waals surface area contributed by atoms with Crippen LogP contribution >= 0.6 is 0 Å². The number of hydrogen-bond donors (Lipinski definition) is 2. The lowest BCUT2D eigenvalue weighted by atomic mass is 9.88. The van der Waals surface area contributed by atoms with Gasteiger partial charge in [-0.1, -0.05) is 54.4 Å². The molecule has 0 radical (unpaired) electrons. The topological polar surface area (TPSA) is 41.3 Å². The van der Waals surface area contributed by atoms with Crippen molar-refractivity contribution in [2.75, 3.05) is 26.2 Å². The van der Waals surface area contributed by atoms with E-state index in [1.165, 1.54) is 32.2 Å². The van der Waals surface area contributed by atoms with Gasteiger partial charge in [0.25, 0.3) is 0 Å². The van der Waals surface area contributed by atoms with Crippen LogP contribution in [0.15, 0.2) is 0 Å². The first-order chi connectivity index (χ1) is 10.6. The molecule has 0 aliphatic carbocycles. The summed E-state index contributed by atoms with van der Waals surface area (Å²) in [5, 5.41) is 4.01. The Bertz CT molecular complexity index is 237. The lowest BCUT2D eigenvalue weighted by molar-refractivity contribution is 0.196. The summed E-state index contributed by atoms with van der Waals surface area (Å²) in [6.07, 6.45) is 6.09. The predicted molar refractivity (Wildman–Crippen MR) is 100 cm³/mol. The van der Waals surface area contributed by atoms with Crippen LogP contribution in [0.3, 0.4) is 0 Å². The molecule has 0 aliphatic heterocycles. The zero-order valence-corrected chi connectivity index (χ0v) is 16.2. The Kier molecular flexibility index (Phi) is 13.3. The molecule has 0 bridgehead atoms. The van der Waals surface area contributed by atoms with E-state index >= 15 is 0 Å². The molecule has 0 heterocycles. The molecule has 0 saturated carbocycles. The van der Waals surface area contributed by atoms with Gasteiger partial charge < -0.3 is 16.0 Å². The highest BCUT2D eigenvalue weighted by Crippen LogP contribution is 2.20. The second-order valence-electron chi connectivity index (χ2n) is 6.76. The van der Waals surface area contributed by atoms with E-state index in [1.807, 2.05) is 0 Å². The molecule has 134 valence electrons. The van der Waals surface area contributed by atoms with Gasteiger partial charge in [-0.15, -0.1) is 0 Å². The lowest BCUT2D eigenvalue weighted by Gasteiger charge is -2.35. The van der Waals surface area contributed by atoms with Crippen molar-refractivity contribution in [3.63, 3.8) is 0 Å². The van der Waals surface area contributed by atoms with Crippen LogP contribution in [0, 0.1) is 11.8 Å². The summed E-state index contributed by atoms with van der Waals surface area (Å²) in [5.74, 6) is 1.47. The van der Waals surface area contributed by atoms with E-state index in [1.54, 1.807) is 0 Å². The van der Waals surface area contributed by atoms with Gasteiger partial charge in [0.05, 0.1) is 0 Å². The van der Waals surface area contributed by atoms with Crippen LogP contribution < -0.4 is 11.1 Å². The number of hydrogen-bond acceptors (Lipinski definition) is 3. The molecule has 0 spiro atoms. The summed E-state index contributed by atoms with van der Waals surface area (Å²) in [7, 11) is 0. The molecule has 3 heteroatoms. The minimum absolute atomic E-state index is 0.615. The minimum Gasteiger partial charge on any atom is -0.330 e. The third-order valence-electron chi connectivity index (χ3n) is 5.33. The van der Waals surface area contributed by atoms with Crippen LogP contribution in [-0.4, -0.2) is 43.2 Å². The van der Waals surface area contributed by atoms with Crippen LogP contribution in [0.25, 0.3) is 0 Å². The summed E-state index contributed by atoms with van der Waals surface area (Å²) in [6.45, 7) is 18.2. The van der Waals surface area contributed by atoms with Crippen molar-refractivity contribution in [3.8, 4) is 0 Å². The minimum atomic E-state index is 0.615. The number of rotatable bonds is 14. The quantitative estimate of drug-likeness (QED) is 0.511. The van der Waals surface area contributed by atoms with Gasteiger partial charge in [-0.25, -0.2) is 0 Å². The Hall–Kier alpha value is -0.120. The first kappa shape index (κ1) is 21.9. The third-order valence-corrected chi connectivity index (χ3v) is 5.33. The molecule has 0 aromatic rings. The predicted octanol–water partition coefficient (Wildman–Crippen LogP) is 3.88. The average molecular weight is 314 g/mol. The summed E-state index contributed by atoms with van der Waals surface area (Å²) < 4.78 is 0. The van der Waals surface area contributed by atoms with Crippen molar-refractivity contribution in [2.45, 2.75) is 85.7 Å². The van der Waals surface area contributed by atoms with Crippen LogP contribution in [-0.2, 0) is 0 Å². The maximum Gasteiger partial charge on any atom is 0.0105 e. The van der Waals surface area contributed by atoms with E-state index in [-0.39, 0.29) is 0 Å². The first-order valence-corrected chi connectivity index (χ1v) is 9.76. The van der Waals surface area contributed by atoms with E-state index in [9.17, 15) is 0 Å². The zero-order valence-electron chi connectivity index (χ0n) is 16.2. The van der Waals surface area contributed by atoms with Gasteiger partial charge in [-0.2, -0.15) is 0 Å². The Morgan fingerprint density at radius 3 is 1.91 bits per heavy atom. The van der Waals surface area contributed by atoms with Crippen LogP contribution in [0.4, 0.5) is 0 Å². The molecule has 3 nitrogen and oxygen atoms in total. The van der Waals surface area contributed by atoms with Gasteiger partial charge in [0.1, 0.15) is 0 Å². The van der Waals surface area contributed by atoms with Gasteiger partial charge in [0.15, 0.2) is 0 Å². The lowest BCUT2D eigenvalue weighted by Crippen LogP contribution is -2.48. The first-order valence-electron chi connectivity index (χ1n) is 9.76.